The first-order valence-corrected chi connectivity index (χ1v) is 8.66. The molecule has 7 heteroatoms. The molecule has 0 atom stereocenters. The molecule has 0 saturated heterocycles. The molecule has 0 saturated carbocycles. The normalized spacial score (nSPS) is 11.8. The lowest BCUT2D eigenvalue weighted by molar-refractivity contribution is 0.402. The van der Waals surface area contributed by atoms with E-state index in [4.69, 9.17) is 0 Å². The van der Waals surface area contributed by atoms with Crippen LogP contribution in [0.5, 0.6) is 0 Å². The molecule has 2 rings (SSSR count). The largest absolute Gasteiger partial charge is 0.355 e. The molecule has 136 valence electrons. The van der Waals surface area contributed by atoms with Crippen LogP contribution in [-0.4, -0.2) is 53.3 Å². The van der Waals surface area contributed by atoms with E-state index in [1.54, 1.807) is 13.4 Å². The number of aryl methyl sites for hydroxylation is 1. The summed E-state index contributed by atoms with van der Waals surface area (Å²) in [7, 11) is 5.95. The Hall–Kier alpha value is -2.41. The summed E-state index contributed by atoms with van der Waals surface area (Å²) in [4.78, 5) is 6.45. The van der Waals surface area contributed by atoms with E-state index in [1.165, 1.54) is 11.1 Å². The van der Waals surface area contributed by atoms with Crippen molar-refractivity contribution in [3.63, 3.8) is 0 Å². The second-order valence-corrected chi connectivity index (χ2v) is 6.20. The number of aromatic nitrogens is 3. The van der Waals surface area contributed by atoms with Gasteiger partial charge < -0.3 is 20.1 Å². The summed E-state index contributed by atoms with van der Waals surface area (Å²) in [5.41, 5.74) is 2.56. The van der Waals surface area contributed by atoms with Crippen LogP contribution in [0.4, 0.5) is 0 Å². The van der Waals surface area contributed by atoms with Crippen LogP contribution >= 0.6 is 0 Å². The average Bonchev–Trinajstić information content (AvgIpc) is 3.05. The van der Waals surface area contributed by atoms with Crippen LogP contribution in [0.15, 0.2) is 35.6 Å². The van der Waals surface area contributed by atoms with Crippen LogP contribution in [0.3, 0.4) is 0 Å². The highest BCUT2D eigenvalue weighted by atomic mass is 15.3. The monoisotopic (exact) mass is 343 g/mol. The summed E-state index contributed by atoms with van der Waals surface area (Å²) >= 11 is 0. The summed E-state index contributed by atoms with van der Waals surface area (Å²) in [5.74, 6) is 1.80. The third-order valence-corrected chi connectivity index (χ3v) is 3.83. The first-order chi connectivity index (χ1) is 12.1. The Balaban J connectivity index is 1.80. The second kappa shape index (κ2) is 9.78. The summed E-state index contributed by atoms with van der Waals surface area (Å²) < 4.78 is 2.06. The van der Waals surface area contributed by atoms with Gasteiger partial charge in [-0.05, 0) is 25.2 Å². The van der Waals surface area contributed by atoms with Gasteiger partial charge in [-0.25, -0.2) is 0 Å². The Kier molecular flexibility index (Phi) is 7.40. The maximum Gasteiger partial charge on any atom is 0.191 e. The van der Waals surface area contributed by atoms with Crippen molar-refractivity contribution in [1.82, 2.24) is 30.3 Å². The molecule has 0 aliphatic heterocycles. The molecule has 0 unspecified atom stereocenters. The van der Waals surface area contributed by atoms with Crippen LogP contribution in [0.25, 0.3) is 0 Å². The Morgan fingerprint density at radius 3 is 2.76 bits per heavy atom. The Labute approximate surface area is 150 Å². The van der Waals surface area contributed by atoms with Crippen molar-refractivity contribution in [2.45, 2.75) is 33.0 Å². The summed E-state index contributed by atoms with van der Waals surface area (Å²) in [5, 5.41) is 14.7. The maximum absolute atomic E-state index is 4.28. The number of hydrogen-bond donors (Lipinski definition) is 2. The smallest absolute Gasteiger partial charge is 0.191 e. The predicted octanol–water partition coefficient (Wildman–Crippen LogP) is 1.27. The minimum Gasteiger partial charge on any atom is -0.355 e. The standard InChI is InChI=1S/C18H29N7/c1-5-17-23-22-14-25(17)10-9-20-18(19-2)21-12-15-7-6-8-16(11-15)13-24(3)4/h6-8,11,14H,5,9-10,12-13H2,1-4H3,(H2,19,20,21). The molecular formula is C18H29N7. The molecule has 0 aliphatic rings. The van der Waals surface area contributed by atoms with Gasteiger partial charge in [0.25, 0.3) is 0 Å². The fourth-order valence-electron chi connectivity index (χ4n) is 2.64. The summed E-state index contributed by atoms with van der Waals surface area (Å²) in [6.45, 7) is 5.35. The highest BCUT2D eigenvalue weighted by Gasteiger charge is 2.03. The van der Waals surface area contributed by atoms with Gasteiger partial charge in [0.15, 0.2) is 5.96 Å². The van der Waals surface area contributed by atoms with Crippen LogP contribution in [0.1, 0.15) is 23.9 Å². The van der Waals surface area contributed by atoms with Crippen molar-refractivity contribution in [2.24, 2.45) is 4.99 Å². The van der Waals surface area contributed by atoms with Crippen molar-refractivity contribution < 1.29 is 0 Å². The van der Waals surface area contributed by atoms with Crippen molar-refractivity contribution in [3.8, 4) is 0 Å². The molecule has 2 aromatic rings. The summed E-state index contributed by atoms with van der Waals surface area (Å²) in [6, 6.07) is 8.61. The lowest BCUT2D eigenvalue weighted by Crippen LogP contribution is -2.38. The third-order valence-electron chi connectivity index (χ3n) is 3.83. The molecule has 25 heavy (non-hydrogen) atoms. The molecule has 0 aliphatic carbocycles. The third kappa shape index (κ3) is 6.19. The molecular weight excluding hydrogens is 314 g/mol. The summed E-state index contributed by atoms with van der Waals surface area (Å²) in [6.07, 6.45) is 2.66. The van der Waals surface area contributed by atoms with Crippen molar-refractivity contribution in [1.29, 1.82) is 0 Å². The minimum atomic E-state index is 0.744. The molecule has 1 aromatic carbocycles. The molecule has 0 spiro atoms. The minimum absolute atomic E-state index is 0.744. The molecule has 0 fully saturated rings. The van der Waals surface area contributed by atoms with Gasteiger partial charge in [-0.1, -0.05) is 31.2 Å². The highest BCUT2D eigenvalue weighted by Crippen LogP contribution is 2.06. The lowest BCUT2D eigenvalue weighted by Gasteiger charge is -2.14. The van der Waals surface area contributed by atoms with Crippen molar-refractivity contribution in [3.05, 3.63) is 47.5 Å². The Morgan fingerprint density at radius 2 is 2.04 bits per heavy atom. The second-order valence-electron chi connectivity index (χ2n) is 6.20. The zero-order chi connectivity index (χ0) is 18.1. The van der Waals surface area contributed by atoms with E-state index in [9.17, 15) is 0 Å². The molecule has 0 amide bonds. The van der Waals surface area contributed by atoms with E-state index in [0.29, 0.717) is 0 Å². The van der Waals surface area contributed by atoms with E-state index < -0.39 is 0 Å². The first kappa shape index (κ1) is 18.9. The number of nitrogens with zero attached hydrogens (tertiary/aromatic N) is 5. The number of guanidine groups is 1. The zero-order valence-corrected chi connectivity index (χ0v) is 15.7. The first-order valence-electron chi connectivity index (χ1n) is 8.66. The van der Waals surface area contributed by atoms with E-state index in [2.05, 4.69) is 80.6 Å². The fourth-order valence-corrected chi connectivity index (χ4v) is 2.64. The molecule has 0 radical (unpaired) electrons. The lowest BCUT2D eigenvalue weighted by atomic mass is 10.1. The van der Waals surface area contributed by atoms with Crippen molar-refractivity contribution >= 4 is 5.96 Å². The highest BCUT2D eigenvalue weighted by molar-refractivity contribution is 5.79. The van der Waals surface area contributed by atoms with E-state index in [1.807, 2.05) is 0 Å². The molecule has 1 aromatic heterocycles. The number of hydrogen-bond acceptors (Lipinski definition) is 4. The molecule has 7 nitrogen and oxygen atoms in total. The quantitative estimate of drug-likeness (QED) is 0.558. The SMILES string of the molecule is CCc1nncn1CCNC(=NC)NCc1cccc(CN(C)C)c1. The van der Waals surface area contributed by atoms with Crippen molar-refractivity contribution in [2.75, 3.05) is 27.7 Å². The van der Waals surface area contributed by atoms with Gasteiger partial charge >= 0.3 is 0 Å². The Morgan fingerprint density at radius 1 is 1.24 bits per heavy atom. The van der Waals surface area contributed by atoms with Crippen LogP contribution in [-0.2, 0) is 26.1 Å². The topological polar surface area (TPSA) is 70.4 Å². The van der Waals surface area contributed by atoms with Gasteiger partial charge in [-0.3, -0.25) is 4.99 Å². The van der Waals surface area contributed by atoms with Gasteiger partial charge in [-0.15, -0.1) is 10.2 Å². The van der Waals surface area contributed by atoms with E-state index in [-0.39, 0.29) is 0 Å². The van der Waals surface area contributed by atoms with Gasteiger partial charge in [0.1, 0.15) is 12.2 Å². The van der Waals surface area contributed by atoms with E-state index >= 15 is 0 Å². The Bertz CT molecular complexity index is 676. The predicted molar refractivity (Wildman–Crippen MR) is 101 cm³/mol. The number of benzene rings is 1. The van der Waals surface area contributed by atoms with Crippen LogP contribution in [0, 0.1) is 0 Å². The van der Waals surface area contributed by atoms with Gasteiger partial charge in [-0.2, -0.15) is 0 Å². The van der Waals surface area contributed by atoms with E-state index in [0.717, 1.165) is 44.4 Å². The van der Waals surface area contributed by atoms with Gasteiger partial charge in [0.2, 0.25) is 0 Å². The fraction of sp³-hybridized carbons (Fsp3) is 0.500. The molecule has 2 N–H and O–H groups in total. The van der Waals surface area contributed by atoms with Gasteiger partial charge in [0.05, 0.1) is 0 Å². The average molecular weight is 343 g/mol. The number of rotatable bonds is 8. The number of nitrogens with one attached hydrogen (secondary N) is 2. The zero-order valence-electron chi connectivity index (χ0n) is 15.7. The van der Waals surface area contributed by atoms with Crippen LogP contribution in [0.2, 0.25) is 0 Å². The molecule has 0 bridgehead atoms. The number of aliphatic imine (C=N–C) groups is 1. The van der Waals surface area contributed by atoms with Gasteiger partial charge in [0, 0.05) is 39.6 Å². The molecule has 1 heterocycles. The maximum atomic E-state index is 4.28. The van der Waals surface area contributed by atoms with Crippen LogP contribution < -0.4 is 10.6 Å².